The van der Waals surface area contributed by atoms with Crippen LogP contribution in [0.25, 0.3) is 0 Å². The van der Waals surface area contributed by atoms with Gasteiger partial charge in [0.15, 0.2) is 11.6 Å². The van der Waals surface area contributed by atoms with E-state index in [1.54, 1.807) is 49.4 Å². The molecule has 0 bridgehead atoms. The highest BCUT2D eigenvalue weighted by Crippen LogP contribution is 2.31. The molecule has 8 heteroatoms. The molecule has 3 aromatic carbocycles. The Morgan fingerprint density at radius 1 is 1.00 bits per heavy atom. The zero-order chi connectivity index (χ0) is 23.1. The smallest absolute Gasteiger partial charge is 0.310 e. The van der Waals surface area contributed by atoms with E-state index in [0.717, 1.165) is 6.07 Å². The first-order valence-corrected chi connectivity index (χ1v) is 10.1. The van der Waals surface area contributed by atoms with Crippen molar-refractivity contribution >= 4 is 29.2 Å². The maximum Gasteiger partial charge on any atom is 0.310 e. The van der Waals surface area contributed by atoms with Crippen molar-refractivity contribution in [3.8, 4) is 17.2 Å². The van der Waals surface area contributed by atoms with Gasteiger partial charge in [0, 0.05) is 11.3 Å². The molecule has 0 saturated heterocycles. The average Bonchev–Trinajstić information content (AvgIpc) is 2.77. The van der Waals surface area contributed by atoms with Gasteiger partial charge in [-0.3, -0.25) is 9.59 Å². The number of hydrogen-bond donors (Lipinski definition) is 1. The van der Waals surface area contributed by atoms with E-state index in [-0.39, 0.29) is 23.7 Å². The highest BCUT2D eigenvalue weighted by atomic mass is 35.5. The lowest BCUT2D eigenvalue weighted by molar-refractivity contribution is -0.142. The molecule has 3 aromatic rings. The van der Waals surface area contributed by atoms with Gasteiger partial charge in [0.1, 0.15) is 11.5 Å². The van der Waals surface area contributed by atoms with Crippen LogP contribution in [0.4, 0.5) is 10.1 Å². The number of ether oxygens (including phenoxy) is 3. The van der Waals surface area contributed by atoms with Crippen molar-refractivity contribution < 1.29 is 28.2 Å². The van der Waals surface area contributed by atoms with Crippen LogP contribution < -0.4 is 14.8 Å². The summed E-state index contributed by atoms with van der Waals surface area (Å²) in [5.41, 5.74) is 1.39. The van der Waals surface area contributed by atoms with Crippen LogP contribution in [0.2, 0.25) is 5.02 Å². The van der Waals surface area contributed by atoms with Crippen LogP contribution in [0.5, 0.6) is 17.2 Å². The summed E-state index contributed by atoms with van der Waals surface area (Å²) in [6.45, 7) is 2.07. The Hall–Kier alpha value is -3.58. The molecule has 0 spiro atoms. The Morgan fingerprint density at radius 3 is 2.34 bits per heavy atom. The average molecular weight is 458 g/mol. The van der Waals surface area contributed by atoms with Crippen LogP contribution in [0.15, 0.2) is 60.7 Å². The zero-order valence-corrected chi connectivity index (χ0v) is 18.2. The largest absolute Gasteiger partial charge is 0.494 e. The van der Waals surface area contributed by atoms with Gasteiger partial charge in [-0.05, 0) is 67.1 Å². The van der Waals surface area contributed by atoms with Crippen LogP contribution >= 0.6 is 11.6 Å². The molecular weight excluding hydrogens is 437 g/mol. The Balaban J connectivity index is 1.62. The third-order valence-electron chi connectivity index (χ3n) is 4.40. The van der Waals surface area contributed by atoms with Gasteiger partial charge >= 0.3 is 5.97 Å². The van der Waals surface area contributed by atoms with Gasteiger partial charge in [-0.2, -0.15) is 0 Å². The Kier molecular flexibility index (Phi) is 7.68. The molecule has 32 heavy (non-hydrogen) atoms. The summed E-state index contributed by atoms with van der Waals surface area (Å²) in [6, 6.07) is 15.7. The molecule has 0 heterocycles. The van der Waals surface area contributed by atoms with Crippen molar-refractivity contribution in [1.29, 1.82) is 0 Å². The number of carbonyl (C=O) groups excluding carboxylic acids is 2. The van der Waals surface area contributed by atoms with Gasteiger partial charge in [0.2, 0.25) is 0 Å². The van der Waals surface area contributed by atoms with Crippen LogP contribution in [0, 0.1) is 5.82 Å². The lowest BCUT2D eigenvalue weighted by atomic mass is 10.1. The van der Waals surface area contributed by atoms with Gasteiger partial charge in [-0.15, -0.1) is 0 Å². The van der Waals surface area contributed by atoms with E-state index < -0.39 is 11.7 Å². The van der Waals surface area contributed by atoms with Gasteiger partial charge in [0.05, 0.1) is 25.2 Å². The van der Waals surface area contributed by atoms with E-state index in [0.29, 0.717) is 34.4 Å². The second kappa shape index (κ2) is 10.6. The number of esters is 1. The predicted octanol–water partition coefficient (Wildman–Crippen LogP) is 5.64. The molecule has 0 radical (unpaired) electrons. The molecule has 3 rings (SSSR count). The second-order valence-electron chi connectivity index (χ2n) is 6.68. The molecule has 0 saturated carbocycles. The molecule has 0 fully saturated rings. The Labute approximate surface area is 189 Å². The van der Waals surface area contributed by atoms with E-state index in [1.165, 1.54) is 19.2 Å². The van der Waals surface area contributed by atoms with Crippen LogP contribution in [-0.4, -0.2) is 25.6 Å². The number of anilines is 1. The van der Waals surface area contributed by atoms with Crippen molar-refractivity contribution in [2.24, 2.45) is 0 Å². The molecule has 0 atom stereocenters. The summed E-state index contributed by atoms with van der Waals surface area (Å²) in [5, 5.41) is 3.04. The van der Waals surface area contributed by atoms with Gasteiger partial charge < -0.3 is 19.5 Å². The topological polar surface area (TPSA) is 73.9 Å². The molecule has 0 aliphatic rings. The first-order chi connectivity index (χ1) is 15.4. The molecule has 166 valence electrons. The summed E-state index contributed by atoms with van der Waals surface area (Å²) in [4.78, 5) is 23.9. The molecule has 1 amide bonds. The SMILES string of the molecule is CCOC(=O)Cc1ccc(Oc2ccc(NC(=O)c3ccc(OC)c(F)c3)cc2)c(Cl)c1. The summed E-state index contributed by atoms with van der Waals surface area (Å²) in [5.74, 6) is -0.416. The third kappa shape index (κ3) is 5.98. The molecule has 0 aromatic heterocycles. The summed E-state index contributed by atoms with van der Waals surface area (Å²) < 4.78 is 29.4. The highest BCUT2D eigenvalue weighted by molar-refractivity contribution is 6.32. The molecule has 6 nitrogen and oxygen atoms in total. The van der Waals surface area contributed by atoms with Gasteiger partial charge in [-0.25, -0.2) is 4.39 Å². The van der Waals surface area contributed by atoms with Crippen molar-refractivity contribution in [2.75, 3.05) is 19.0 Å². The molecule has 0 unspecified atom stereocenters. The molecule has 0 aliphatic heterocycles. The van der Waals surface area contributed by atoms with Crippen molar-refractivity contribution in [3.05, 3.63) is 82.6 Å². The minimum absolute atomic E-state index is 0.0654. The zero-order valence-electron chi connectivity index (χ0n) is 17.5. The third-order valence-corrected chi connectivity index (χ3v) is 4.70. The number of rotatable bonds is 8. The van der Waals surface area contributed by atoms with E-state index in [1.807, 2.05) is 0 Å². The fourth-order valence-corrected chi connectivity index (χ4v) is 3.10. The van der Waals surface area contributed by atoms with Crippen molar-refractivity contribution in [3.63, 3.8) is 0 Å². The number of amides is 1. The number of methoxy groups -OCH3 is 1. The fraction of sp³-hybridized carbons (Fsp3) is 0.167. The molecule has 1 N–H and O–H groups in total. The number of hydrogen-bond acceptors (Lipinski definition) is 5. The van der Waals surface area contributed by atoms with E-state index in [2.05, 4.69) is 5.32 Å². The highest BCUT2D eigenvalue weighted by Gasteiger charge is 2.12. The summed E-state index contributed by atoms with van der Waals surface area (Å²) >= 11 is 6.27. The monoisotopic (exact) mass is 457 g/mol. The van der Waals surface area contributed by atoms with Crippen LogP contribution in [0.1, 0.15) is 22.8 Å². The fourth-order valence-electron chi connectivity index (χ4n) is 2.86. The lowest BCUT2D eigenvalue weighted by Crippen LogP contribution is -2.12. The van der Waals surface area contributed by atoms with Gasteiger partial charge in [0.25, 0.3) is 5.91 Å². The first-order valence-electron chi connectivity index (χ1n) is 9.76. The number of benzene rings is 3. The van der Waals surface area contributed by atoms with Crippen LogP contribution in [-0.2, 0) is 16.0 Å². The quantitative estimate of drug-likeness (QED) is 0.443. The minimum Gasteiger partial charge on any atom is -0.494 e. The first kappa shape index (κ1) is 23.1. The maximum absolute atomic E-state index is 13.8. The second-order valence-corrected chi connectivity index (χ2v) is 7.08. The molecule has 0 aliphatic carbocycles. The summed E-state index contributed by atoms with van der Waals surface area (Å²) in [6.07, 6.45) is 0.125. The molecular formula is C24H21ClFNO5. The minimum atomic E-state index is -0.617. The lowest BCUT2D eigenvalue weighted by Gasteiger charge is -2.11. The number of halogens is 2. The number of carbonyl (C=O) groups is 2. The Bertz CT molecular complexity index is 1120. The van der Waals surface area contributed by atoms with Crippen LogP contribution in [0.3, 0.4) is 0 Å². The number of nitrogens with one attached hydrogen (secondary N) is 1. The van der Waals surface area contributed by atoms with Gasteiger partial charge in [-0.1, -0.05) is 17.7 Å². The van der Waals surface area contributed by atoms with E-state index in [9.17, 15) is 14.0 Å². The normalized spacial score (nSPS) is 10.4. The standard InChI is InChI=1S/C24H21ClFNO5/c1-3-31-23(28)13-15-4-10-21(19(25)12-15)32-18-8-6-17(7-9-18)27-24(29)16-5-11-22(30-2)20(26)14-16/h4-12,14H,3,13H2,1-2H3,(H,27,29). The predicted molar refractivity (Wildman–Crippen MR) is 119 cm³/mol. The van der Waals surface area contributed by atoms with Crippen molar-refractivity contribution in [1.82, 2.24) is 0 Å². The maximum atomic E-state index is 13.8. The van der Waals surface area contributed by atoms with E-state index in [4.69, 9.17) is 25.8 Å². The Morgan fingerprint density at radius 2 is 1.72 bits per heavy atom. The van der Waals surface area contributed by atoms with Crippen molar-refractivity contribution in [2.45, 2.75) is 13.3 Å². The van der Waals surface area contributed by atoms with E-state index >= 15 is 0 Å². The summed E-state index contributed by atoms with van der Waals surface area (Å²) in [7, 11) is 1.35.